The fraction of sp³-hybridized carbons (Fsp3) is 0.211. The molecule has 0 radical (unpaired) electrons. The lowest BCUT2D eigenvalue weighted by Crippen LogP contribution is -2.41. The first-order valence-corrected chi connectivity index (χ1v) is 10.00. The van der Waals surface area contributed by atoms with Crippen LogP contribution in [0.2, 0.25) is 0 Å². The molecule has 3 rings (SSSR count). The van der Waals surface area contributed by atoms with Gasteiger partial charge in [-0.1, -0.05) is 12.1 Å². The summed E-state index contributed by atoms with van der Waals surface area (Å²) in [7, 11) is -4.27. The molecule has 1 aromatic heterocycles. The molecule has 0 bridgehead atoms. The van der Waals surface area contributed by atoms with Crippen molar-refractivity contribution in [2.45, 2.75) is 18.7 Å². The number of carbonyl (C=O) groups excluding carboxylic acids is 3. The van der Waals surface area contributed by atoms with E-state index in [0.29, 0.717) is 4.31 Å². The van der Waals surface area contributed by atoms with Crippen LogP contribution in [-0.4, -0.2) is 43.6 Å². The van der Waals surface area contributed by atoms with E-state index in [-0.39, 0.29) is 28.6 Å². The second-order valence-electron chi connectivity index (χ2n) is 5.91. The Balaban J connectivity index is 2.19. The fourth-order valence-electron chi connectivity index (χ4n) is 2.82. The Morgan fingerprint density at radius 1 is 1.10 bits per heavy atom. The lowest BCUT2D eigenvalue weighted by atomic mass is 10.1. The number of ketones is 1. The van der Waals surface area contributed by atoms with Crippen molar-refractivity contribution in [1.29, 1.82) is 0 Å². The van der Waals surface area contributed by atoms with Crippen LogP contribution in [0.4, 0.5) is 0 Å². The molecule has 0 saturated heterocycles. The topological polar surface area (TPSA) is 120 Å². The number of Topliss-reactive ketones (excluding diaryl/α,β-unsaturated/α-hetero) is 1. The molecular formula is C19H17NO8S. The zero-order valence-electron chi connectivity index (χ0n) is 15.6. The summed E-state index contributed by atoms with van der Waals surface area (Å²) in [5.74, 6) is -2.91. The monoisotopic (exact) mass is 419 g/mol. The zero-order chi connectivity index (χ0) is 21.2. The predicted octanol–water partition coefficient (Wildman–Crippen LogP) is 1.96. The third kappa shape index (κ3) is 3.79. The minimum Gasteiger partial charge on any atom is -0.465 e. The van der Waals surface area contributed by atoms with Crippen LogP contribution in [-0.2, 0) is 29.1 Å². The summed E-state index contributed by atoms with van der Waals surface area (Å²) in [5, 5.41) is 0. The van der Waals surface area contributed by atoms with E-state index >= 15 is 0 Å². The molecule has 2 heterocycles. The summed E-state index contributed by atoms with van der Waals surface area (Å²) < 4.78 is 42.0. The van der Waals surface area contributed by atoms with E-state index in [1.807, 2.05) is 0 Å². The van der Waals surface area contributed by atoms with Crippen LogP contribution in [0.1, 0.15) is 30.0 Å². The molecule has 2 aromatic rings. The Morgan fingerprint density at radius 3 is 2.45 bits per heavy atom. The third-order valence-electron chi connectivity index (χ3n) is 3.99. The smallest absolute Gasteiger partial charge is 0.379 e. The van der Waals surface area contributed by atoms with Crippen molar-refractivity contribution in [2.24, 2.45) is 0 Å². The molecule has 1 aliphatic heterocycles. The van der Waals surface area contributed by atoms with Gasteiger partial charge in [0.1, 0.15) is 12.2 Å². The summed E-state index contributed by atoms with van der Waals surface area (Å²) in [6.45, 7) is 1.96. The molecule has 0 N–H and O–H groups in total. The fourth-order valence-corrected chi connectivity index (χ4v) is 4.48. The van der Waals surface area contributed by atoms with E-state index in [9.17, 15) is 22.8 Å². The van der Waals surface area contributed by atoms with Gasteiger partial charge < -0.3 is 13.9 Å². The minimum absolute atomic E-state index is 0.0257. The van der Waals surface area contributed by atoms with E-state index in [4.69, 9.17) is 13.9 Å². The summed E-state index contributed by atoms with van der Waals surface area (Å²) in [4.78, 5) is 36.6. The molecule has 1 aromatic carbocycles. The molecular weight excluding hydrogens is 402 g/mol. The van der Waals surface area contributed by atoms with Crippen LogP contribution in [0.3, 0.4) is 0 Å². The highest BCUT2D eigenvalue weighted by Gasteiger charge is 2.41. The second-order valence-corrected chi connectivity index (χ2v) is 7.74. The molecule has 0 amide bonds. The molecule has 29 heavy (non-hydrogen) atoms. The zero-order valence-corrected chi connectivity index (χ0v) is 16.4. The number of hydrogen-bond donors (Lipinski definition) is 0. The molecule has 10 heteroatoms. The van der Waals surface area contributed by atoms with Crippen molar-refractivity contribution in [2.75, 3.05) is 13.2 Å². The number of hydrogen-bond acceptors (Lipinski definition) is 8. The number of esters is 2. The first-order chi connectivity index (χ1) is 13.8. The Bertz CT molecular complexity index is 1100. The summed E-state index contributed by atoms with van der Waals surface area (Å²) in [5.41, 5.74) is -0.422. The van der Waals surface area contributed by atoms with Crippen LogP contribution in [0.5, 0.6) is 0 Å². The number of rotatable bonds is 6. The van der Waals surface area contributed by atoms with Gasteiger partial charge in [0.05, 0.1) is 17.8 Å². The maximum Gasteiger partial charge on any atom is 0.379 e. The van der Waals surface area contributed by atoms with Crippen molar-refractivity contribution >= 4 is 33.5 Å². The van der Waals surface area contributed by atoms with E-state index in [0.717, 1.165) is 6.92 Å². The van der Waals surface area contributed by atoms with Gasteiger partial charge in [-0.25, -0.2) is 17.5 Å². The van der Waals surface area contributed by atoms with Gasteiger partial charge in [-0.2, -0.15) is 0 Å². The molecule has 0 spiro atoms. The Kier molecular flexibility index (Phi) is 5.55. The maximum atomic E-state index is 13.1. The van der Waals surface area contributed by atoms with Crippen LogP contribution >= 0.6 is 0 Å². The number of benzene rings is 1. The first-order valence-electron chi connectivity index (χ1n) is 8.56. The predicted molar refractivity (Wildman–Crippen MR) is 98.7 cm³/mol. The highest BCUT2D eigenvalue weighted by atomic mass is 32.2. The lowest BCUT2D eigenvalue weighted by molar-refractivity contribution is -0.143. The van der Waals surface area contributed by atoms with Crippen molar-refractivity contribution in [3.05, 3.63) is 59.7 Å². The number of allylic oxidation sites excluding steroid dienone is 1. The van der Waals surface area contributed by atoms with Crippen LogP contribution in [0.25, 0.3) is 5.76 Å². The second kappa shape index (κ2) is 7.92. The summed E-state index contributed by atoms with van der Waals surface area (Å²) in [6, 6.07) is 8.54. The average Bonchev–Trinajstić information content (AvgIpc) is 3.20. The highest BCUT2D eigenvalue weighted by Crippen LogP contribution is 2.38. The molecule has 152 valence electrons. The summed E-state index contributed by atoms with van der Waals surface area (Å²) >= 11 is 0. The molecule has 0 atom stereocenters. The number of ether oxygens (including phenoxy) is 2. The molecule has 0 fully saturated rings. The van der Waals surface area contributed by atoms with Gasteiger partial charge in [0, 0.05) is 12.5 Å². The molecule has 9 nitrogen and oxygen atoms in total. The third-order valence-corrected chi connectivity index (χ3v) is 5.80. The van der Waals surface area contributed by atoms with E-state index in [1.165, 1.54) is 42.7 Å². The molecule has 0 unspecified atom stereocenters. The van der Waals surface area contributed by atoms with Crippen molar-refractivity contribution < 1.29 is 36.7 Å². The summed E-state index contributed by atoms with van der Waals surface area (Å²) in [6.07, 6.45) is 1.27. The van der Waals surface area contributed by atoms with Crippen molar-refractivity contribution in [3.8, 4) is 0 Å². The molecule has 0 aliphatic carbocycles. The van der Waals surface area contributed by atoms with Gasteiger partial charge >= 0.3 is 11.9 Å². The Hall–Kier alpha value is -3.40. The van der Waals surface area contributed by atoms with Crippen LogP contribution in [0.15, 0.2) is 57.7 Å². The highest BCUT2D eigenvalue weighted by molar-refractivity contribution is 7.89. The van der Waals surface area contributed by atoms with Crippen molar-refractivity contribution in [1.82, 2.24) is 4.31 Å². The van der Waals surface area contributed by atoms with Crippen molar-refractivity contribution in [3.63, 3.8) is 0 Å². The van der Waals surface area contributed by atoms with Gasteiger partial charge in [0.15, 0.2) is 11.5 Å². The normalized spacial score (nSPS) is 14.9. The number of carbonyl (C=O) groups is 3. The van der Waals surface area contributed by atoms with Gasteiger partial charge in [-0.3, -0.25) is 9.59 Å². The van der Waals surface area contributed by atoms with Gasteiger partial charge in [-0.15, -0.1) is 0 Å². The number of sulfonamides is 1. The molecule has 0 saturated carbocycles. The van der Waals surface area contributed by atoms with Gasteiger partial charge in [-0.05, 0) is 31.2 Å². The average molecular weight is 419 g/mol. The maximum absolute atomic E-state index is 13.1. The Labute approximate surface area is 166 Å². The quantitative estimate of drug-likeness (QED) is 0.652. The minimum atomic E-state index is -4.27. The number of furan rings is 1. The Morgan fingerprint density at radius 2 is 1.83 bits per heavy atom. The SMILES string of the molecule is CCOC(=O)CN1C(C(C)=O)=C(OC(=O)c2ccco2)c2ccccc2S1(=O)=O. The van der Waals surface area contributed by atoms with E-state index in [2.05, 4.69) is 0 Å². The first kappa shape index (κ1) is 20.3. The van der Waals surface area contributed by atoms with Gasteiger partial charge in [0.2, 0.25) is 5.76 Å². The lowest BCUT2D eigenvalue weighted by Gasteiger charge is -2.31. The van der Waals surface area contributed by atoms with Gasteiger partial charge in [0.25, 0.3) is 10.0 Å². The number of nitrogens with zero attached hydrogens (tertiary/aromatic N) is 1. The number of fused-ring (bicyclic) bond motifs is 1. The molecule has 1 aliphatic rings. The largest absolute Gasteiger partial charge is 0.465 e. The van der Waals surface area contributed by atoms with E-state index in [1.54, 1.807) is 6.92 Å². The van der Waals surface area contributed by atoms with E-state index < -0.39 is 40.0 Å². The van der Waals surface area contributed by atoms with Crippen LogP contribution < -0.4 is 0 Å². The standard InChI is InChI=1S/C19H17NO8S/c1-3-26-16(22)11-20-17(12(2)21)18(28-19(23)14-8-6-10-27-14)13-7-4-5-9-15(13)29(20,24)25/h4-10H,3,11H2,1-2H3. The van der Waals surface area contributed by atoms with Crippen LogP contribution in [0, 0.1) is 0 Å².